The number of rotatable bonds is 4. The molecule has 0 radical (unpaired) electrons. The highest BCUT2D eigenvalue weighted by Gasteiger charge is 1.99. The van der Waals surface area contributed by atoms with Crippen LogP contribution in [0.3, 0.4) is 0 Å². The van der Waals surface area contributed by atoms with Gasteiger partial charge in [-0.25, -0.2) is 0 Å². The van der Waals surface area contributed by atoms with Gasteiger partial charge in [-0.1, -0.05) is 24.0 Å². The van der Waals surface area contributed by atoms with Gasteiger partial charge in [0, 0.05) is 24.2 Å². The summed E-state index contributed by atoms with van der Waals surface area (Å²) in [6, 6.07) is 17.4. The smallest absolute Gasteiger partial charge is 0.119 e. The Hall–Kier alpha value is -2.96. The first-order valence-electron chi connectivity index (χ1n) is 8.25. The van der Waals surface area contributed by atoms with Crippen molar-refractivity contribution in [2.24, 2.45) is 0 Å². The van der Waals surface area contributed by atoms with E-state index in [4.69, 9.17) is 9.84 Å². The quantitative estimate of drug-likeness (QED) is 0.560. The molecule has 0 amide bonds. The predicted octanol–water partition coefficient (Wildman–Crippen LogP) is 4.01. The molecule has 0 saturated carbocycles. The van der Waals surface area contributed by atoms with Crippen LogP contribution < -0.4 is 4.74 Å². The van der Waals surface area contributed by atoms with Gasteiger partial charge in [-0.2, -0.15) is 0 Å². The zero-order chi connectivity index (χ0) is 17.6. The number of aliphatic hydroxyl groups excluding tert-OH is 1. The summed E-state index contributed by atoms with van der Waals surface area (Å²) in [5.41, 5.74) is 2.63. The number of aryl methyl sites for hydroxylation is 1. The molecule has 0 aromatic heterocycles. The van der Waals surface area contributed by atoms with Gasteiger partial charge in [-0.05, 0) is 65.7 Å². The van der Waals surface area contributed by atoms with Gasteiger partial charge in [0.25, 0.3) is 0 Å². The van der Waals surface area contributed by atoms with Crippen LogP contribution >= 0.6 is 0 Å². The minimum absolute atomic E-state index is 0.135. The Balaban J connectivity index is 1.80. The highest BCUT2D eigenvalue weighted by Crippen LogP contribution is 2.22. The van der Waals surface area contributed by atoms with Crippen molar-refractivity contribution in [3.63, 3.8) is 0 Å². The normalized spacial score (nSPS) is 10.3. The van der Waals surface area contributed by atoms with Gasteiger partial charge in [0.1, 0.15) is 11.5 Å². The number of ether oxygens (including phenoxy) is 1. The SMILES string of the molecule is Cc1cc(C#Cc2ccc3cc(OCCCO)ccc3c2)ccc1O. The van der Waals surface area contributed by atoms with E-state index in [-0.39, 0.29) is 12.4 Å². The summed E-state index contributed by atoms with van der Waals surface area (Å²) in [4.78, 5) is 0. The van der Waals surface area contributed by atoms with E-state index in [0.717, 1.165) is 33.2 Å². The molecule has 0 atom stereocenters. The number of fused-ring (bicyclic) bond motifs is 1. The highest BCUT2D eigenvalue weighted by molar-refractivity contribution is 5.85. The predicted molar refractivity (Wildman–Crippen MR) is 100.0 cm³/mol. The van der Waals surface area contributed by atoms with E-state index in [1.165, 1.54) is 0 Å². The molecule has 0 bridgehead atoms. The van der Waals surface area contributed by atoms with Crippen LogP contribution in [0.25, 0.3) is 10.8 Å². The van der Waals surface area contributed by atoms with Crippen molar-refractivity contribution in [1.29, 1.82) is 0 Å². The molecule has 0 heterocycles. The van der Waals surface area contributed by atoms with E-state index in [9.17, 15) is 5.11 Å². The summed E-state index contributed by atoms with van der Waals surface area (Å²) in [6.45, 7) is 2.50. The van der Waals surface area contributed by atoms with E-state index in [1.54, 1.807) is 6.07 Å². The summed E-state index contributed by atoms with van der Waals surface area (Å²) in [5, 5.41) is 20.6. The van der Waals surface area contributed by atoms with Crippen LogP contribution in [0.1, 0.15) is 23.1 Å². The number of aliphatic hydroxyl groups is 1. The van der Waals surface area contributed by atoms with Crippen LogP contribution in [0, 0.1) is 18.8 Å². The standard InChI is InChI=1S/C22H20O3/c1-16-13-17(6-10-22(16)24)3-4-18-5-7-20-15-21(25-12-2-11-23)9-8-19(20)14-18/h5-10,13-15,23-24H,2,11-12H2,1H3. The largest absolute Gasteiger partial charge is 0.508 e. The van der Waals surface area contributed by atoms with Crippen molar-refractivity contribution in [3.8, 4) is 23.3 Å². The van der Waals surface area contributed by atoms with Crippen molar-refractivity contribution in [2.45, 2.75) is 13.3 Å². The second-order valence-electron chi connectivity index (χ2n) is 5.90. The number of hydrogen-bond acceptors (Lipinski definition) is 3. The van der Waals surface area contributed by atoms with Crippen LogP contribution in [-0.2, 0) is 0 Å². The van der Waals surface area contributed by atoms with Gasteiger partial charge < -0.3 is 14.9 Å². The highest BCUT2D eigenvalue weighted by atomic mass is 16.5. The van der Waals surface area contributed by atoms with E-state index < -0.39 is 0 Å². The lowest BCUT2D eigenvalue weighted by Crippen LogP contribution is -1.99. The molecule has 0 aliphatic carbocycles. The monoisotopic (exact) mass is 332 g/mol. The maximum atomic E-state index is 9.57. The fourth-order valence-electron chi connectivity index (χ4n) is 2.52. The zero-order valence-corrected chi connectivity index (χ0v) is 14.1. The summed E-state index contributed by atoms with van der Waals surface area (Å²) in [6.07, 6.45) is 0.628. The van der Waals surface area contributed by atoms with E-state index in [0.29, 0.717) is 13.0 Å². The fourth-order valence-corrected chi connectivity index (χ4v) is 2.52. The molecule has 3 heteroatoms. The third-order valence-electron chi connectivity index (χ3n) is 3.93. The topological polar surface area (TPSA) is 49.7 Å². The Labute approximate surface area is 147 Å². The average molecular weight is 332 g/mol. The van der Waals surface area contributed by atoms with E-state index in [2.05, 4.69) is 11.8 Å². The second-order valence-corrected chi connectivity index (χ2v) is 5.90. The number of hydrogen-bond donors (Lipinski definition) is 2. The molecule has 0 fully saturated rings. The minimum Gasteiger partial charge on any atom is -0.508 e. The first-order valence-corrected chi connectivity index (χ1v) is 8.25. The first-order chi connectivity index (χ1) is 12.2. The molecule has 0 aliphatic heterocycles. The molecule has 25 heavy (non-hydrogen) atoms. The maximum absolute atomic E-state index is 9.57. The van der Waals surface area contributed by atoms with E-state index in [1.807, 2.05) is 55.5 Å². The molecule has 126 valence electrons. The number of phenols is 1. The van der Waals surface area contributed by atoms with Crippen LogP contribution in [0.5, 0.6) is 11.5 Å². The van der Waals surface area contributed by atoms with Crippen molar-refractivity contribution < 1.29 is 14.9 Å². The summed E-state index contributed by atoms with van der Waals surface area (Å²) in [7, 11) is 0. The van der Waals surface area contributed by atoms with Crippen molar-refractivity contribution in [1.82, 2.24) is 0 Å². The number of phenolic OH excluding ortho intramolecular Hbond substituents is 1. The molecule has 2 N–H and O–H groups in total. The molecule has 0 aliphatic rings. The maximum Gasteiger partial charge on any atom is 0.119 e. The summed E-state index contributed by atoms with van der Waals surface area (Å²) >= 11 is 0. The van der Waals surface area contributed by atoms with E-state index >= 15 is 0 Å². The second kappa shape index (κ2) is 7.74. The average Bonchev–Trinajstić information content (AvgIpc) is 2.63. The van der Waals surface area contributed by atoms with Gasteiger partial charge in [0.2, 0.25) is 0 Å². The Morgan fingerprint density at radius 1 is 0.880 bits per heavy atom. The van der Waals surface area contributed by atoms with Crippen LogP contribution in [0.2, 0.25) is 0 Å². The summed E-state index contributed by atoms with van der Waals surface area (Å²) < 4.78 is 5.60. The van der Waals surface area contributed by atoms with Gasteiger partial charge >= 0.3 is 0 Å². The minimum atomic E-state index is 0.135. The molecule has 3 aromatic rings. The molecule has 0 unspecified atom stereocenters. The van der Waals surface area contributed by atoms with Crippen LogP contribution in [0.4, 0.5) is 0 Å². The van der Waals surface area contributed by atoms with Crippen molar-refractivity contribution >= 4 is 10.8 Å². The summed E-state index contributed by atoms with van der Waals surface area (Å²) in [5.74, 6) is 7.39. The lowest BCUT2D eigenvalue weighted by Gasteiger charge is -2.06. The van der Waals surface area contributed by atoms with Gasteiger partial charge in [-0.3, -0.25) is 0 Å². The Morgan fingerprint density at radius 3 is 2.32 bits per heavy atom. The molecule has 3 rings (SSSR count). The Morgan fingerprint density at radius 2 is 1.56 bits per heavy atom. The van der Waals surface area contributed by atoms with Crippen molar-refractivity contribution in [2.75, 3.05) is 13.2 Å². The molecular formula is C22H20O3. The third-order valence-corrected chi connectivity index (χ3v) is 3.93. The van der Waals surface area contributed by atoms with Crippen LogP contribution in [0.15, 0.2) is 54.6 Å². The molecule has 3 aromatic carbocycles. The molecule has 3 nitrogen and oxygen atoms in total. The number of aromatic hydroxyl groups is 1. The Bertz CT molecular complexity index is 948. The first kappa shape index (κ1) is 16.9. The molecule has 0 spiro atoms. The zero-order valence-electron chi connectivity index (χ0n) is 14.1. The Kier molecular flexibility index (Phi) is 5.23. The lowest BCUT2D eigenvalue weighted by molar-refractivity contribution is 0.234. The molecule has 0 saturated heterocycles. The van der Waals surface area contributed by atoms with Crippen molar-refractivity contribution in [3.05, 3.63) is 71.3 Å². The van der Waals surface area contributed by atoms with Gasteiger partial charge in [0.05, 0.1) is 6.61 Å². The fraction of sp³-hybridized carbons (Fsp3) is 0.182. The lowest BCUT2D eigenvalue weighted by atomic mass is 10.1. The molecular weight excluding hydrogens is 312 g/mol. The van der Waals surface area contributed by atoms with Gasteiger partial charge in [0.15, 0.2) is 0 Å². The van der Waals surface area contributed by atoms with Gasteiger partial charge in [-0.15, -0.1) is 0 Å². The van der Waals surface area contributed by atoms with Crippen LogP contribution in [-0.4, -0.2) is 23.4 Å². The third kappa shape index (κ3) is 4.32. The number of benzene rings is 3.